The Bertz CT molecular complexity index is 428. The lowest BCUT2D eigenvalue weighted by Crippen LogP contribution is -2.50. The number of rotatable bonds is 7. The summed E-state index contributed by atoms with van der Waals surface area (Å²) in [5.41, 5.74) is 0. The van der Waals surface area contributed by atoms with Crippen LogP contribution >= 0.6 is 0 Å². The van der Waals surface area contributed by atoms with E-state index in [2.05, 4.69) is 25.8 Å². The van der Waals surface area contributed by atoms with Gasteiger partial charge in [0.15, 0.2) is 5.96 Å². The molecule has 150 valence electrons. The molecular weight excluding hydrogens is 330 g/mol. The molecular formula is C19H37N5O2. The summed E-state index contributed by atoms with van der Waals surface area (Å²) < 4.78 is 6.02. The number of hydrogen-bond donors (Lipinski definition) is 3. The molecule has 0 aromatic heterocycles. The van der Waals surface area contributed by atoms with Gasteiger partial charge in [-0.25, -0.2) is 0 Å². The van der Waals surface area contributed by atoms with Gasteiger partial charge in [0.1, 0.15) is 0 Å². The fraction of sp³-hybridized carbons (Fsp3) is 0.895. The third kappa shape index (κ3) is 7.91. The lowest BCUT2D eigenvalue weighted by molar-refractivity contribution is -0.122. The van der Waals surface area contributed by atoms with Gasteiger partial charge in [-0.15, -0.1) is 0 Å². The van der Waals surface area contributed by atoms with Gasteiger partial charge in [-0.05, 0) is 25.7 Å². The maximum Gasteiger partial charge on any atom is 0.233 e. The second kappa shape index (κ2) is 12.1. The quantitative estimate of drug-likeness (QED) is 0.272. The number of likely N-dealkylation sites (tertiary alicyclic amines) is 1. The summed E-state index contributed by atoms with van der Waals surface area (Å²) in [6.45, 7) is 3.88. The molecule has 1 amide bonds. The number of likely N-dealkylation sites (N-methyl/N-ethyl adjacent to an activating group) is 1. The number of ether oxygens (including phenoxy) is 1. The van der Waals surface area contributed by atoms with E-state index in [0.29, 0.717) is 18.7 Å². The van der Waals surface area contributed by atoms with E-state index in [1.54, 1.807) is 7.05 Å². The summed E-state index contributed by atoms with van der Waals surface area (Å²) in [4.78, 5) is 18.0. The zero-order chi connectivity index (χ0) is 18.6. The minimum atomic E-state index is 0.0857. The van der Waals surface area contributed by atoms with E-state index in [4.69, 9.17) is 4.74 Å². The second-order valence-corrected chi connectivity index (χ2v) is 7.35. The number of nitrogens with one attached hydrogen (secondary N) is 3. The number of hydrogen-bond acceptors (Lipinski definition) is 4. The maximum absolute atomic E-state index is 11.5. The highest BCUT2D eigenvalue weighted by Crippen LogP contribution is 2.19. The summed E-state index contributed by atoms with van der Waals surface area (Å²) in [6, 6.07) is 0.407. The molecule has 1 saturated carbocycles. The van der Waals surface area contributed by atoms with E-state index < -0.39 is 0 Å². The lowest BCUT2D eigenvalue weighted by Gasteiger charge is -2.32. The number of carbonyl (C=O) groups excluding carboxylic acids is 1. The second-order valence-electron chi connectivity index (χ2n) is 7.35. The van der Waals surface area contributed by atoms with Crippen LogP contribution in [0.25, 0.3) is 0 Å². The van der Waals surface area contributed by atoms with Crippen LogP contribution < -0.4 is 16.0 Å². The zero-order valence-corrected chi connectivity index (χ0v) is 16.6. The average Bonchev–Trinajstić information content (AvgIpc) is 2.94. The largest absolute Gasteiger partial charge is 0.376 e. The zero-order valence-electron chi connectivity index (χ0n) is 16.6. The minimum absolute atomic E-state index is 0.0857. The van der Waals surface area contributed by atoms with Crippen LogP contribution in [-0.4, -0.2) is 75.8 Å². The van der Waals surface area contributed by atoms with Crippen molar-refractivity contribution in [3.8, 4) is 0 Å². The molecule has 7 heteroatoms. The van der Waals surface area contributed by atoms with Crippen LogP contribution in [0.4, 0.5) is 0 Å². The number of carbonyl (C=O) groups is 1. The van der Waals surface area contributed by atoms with Crippen molar-refractivity contribution in [1.82, 2.24) is 20.9 Å². The number of aliphatic imine (C=N–C) groups is 1. The Morgan fingerprint density at radius 1 is 1.12 bits per heavy atom. The van der Waals surface area contributed by atoms with Crippen LogP contribution in [0.5, 0.6) is 0 Å². The highest BCUT2D eigenvalue weighted by molar-refractivity contribution is 5.80. The fourth-order valence-corrected chi connectivity index (χ4v) is 3.71. The van der Waals surface area contributed by atoms with E-state index in [0.717, 1.165) is 45.0 Å². The first-order valence-electron chi connectivity index (χ1n) is 10.2. The lowest BCUT2D eigenvalue weighted by atomic mass is 10.1. The van der Waals surface area contributed by atoms with Crippen molar-refractivity contribution in [1.29, 1.82) is 0 Å². The molecule has 0 radical (unpaired) electrons. The van der Waals surface area contributed by atoms with Crippen molar-refractivity contribution < 1.29 is 9.53 Å². The molecule has 2 rings (SSSR count). The Hall–Kier alpha value is -1.34. The molecule has 1 saturated heterocycles. The first-order chi connectivity index (χ1) is 12.7. The van der Waals surface area contributed by atoms with Gasteiger partial charge in [0.25, 0.3) is 0 Å². The molecule has 2 aliphatic rings. The van der Waals surface area contributed by atoms with E-state index >= 15 is 0 Å². The average molecular weight is 368 g/mol. The molecule has 1 heterocycles. The van der Waals surface area contributed by atoms with Crippen molar-refractivity contribution in [2.45, 2.75) is 63.5 Å². The monoisotopic (exact) mass is 367 g/mol. The molecule has 0 unspecified atom stereocenters. The molecule has 1 aliphatic heterocycles. The molecule has 1 aliphatic carbocycles. The highest BCUT2D eigenvalue weighted by atomic mass is 16.5. The minimum Gasteiger partial charge on any atom is -0.376 e. The molecule has 26 heavy (non-hydrogen) atoms. The molecule has 0 spiro atoms. The van der Waals surface area contributed by atoms with Gasteiger partial charge in [-0.1, -0.05) is 25.7 Å². The van der Waals surface area contributed by atoms with Crippen molar-refractivity contribution in [2.75, 3.05) is 46.9 Å². The Balaban J connectivity index is 1.58. The summed E-state index contributed by atoms with van der Waals surface area (Å²) in [5.74, 6) is 0.932. The van der Waals surface area contributed by atoms with Crippen molar-refractivity contribution >= 4 is 11.9 Å². The Morgan fingerprint density at radius 2 is 1.81 bits per heavy atom. The SMILES string of the molecule is CN=C(NCCOC1CCCCCC1)NC1CCN(CC(=O)NC)CC1. The van der Waals surface area contributed by atoms with Crippen molar-refractivity contribution in [3.63, 3.8) is 0 Å². The van der Waals surface area contributed by atoms with Crippen molar-refractivity contribution in [3.05, 3.63) is 0 Å². The van der Waals surface area contributed by atoms with Gasteiger partial charge in [0.2, 0.25) is 5.91 Å². The van der Waals surface area contributed by atoms with Crippen LogP contribution in [0.1, 0.15) is 51.4 Å². The first-order valence-corrected chi connectivity index (χ1v) is 10.2. The standard InChI is InChI=1S/C19H37N5O2/c1-20-18(25)15-24-12-9-16(10-13-24)23-19(21-2)22-11-14-26-17-7-5-3-4-6-8-17/h16-17H,3-15H2,1-2H3,(H,20,25)(H2,21,22,23). The predicted molar refractivity (Wildman–Crippen MR) is 105 cm³/mol. The molecule has 0 bridgehead atoms. The van der Waals surface area contributed by atoms with Gasteiger partial charge >= 0.3 is 0 Å². The predicted octanol–water partition coefficient (Wildman–Crippen LogP) is 1.10. The van der Waals surface area contributed by atoms with E-state index in [1.807, 2.05) is 7.05 Å². The third-order valence-electron chi connectivity index (χ3n) is 5.35. The Kier molecular flexibility index (Phi) is 9.77. The summed E-state index contributed by atoms with van der Waals surface area (Å²) in [7, 11) is 3.49. The van der Waals surface area contributed by atoms with Gasteiger partial charge in [-0.2, -0.15) is 0 Å². The molecule has 0 atom stereocenters. The van der Waals surface area contributed by atoms with Crippen LogP contribution in [0.15, 0.2) is 4.99 Å². The number of piperidine rings is 1. The normalized spacial score (nSPS) is 21.2. The van der Waals surface area contributed by atoms with E-state index in [1.165, 1.54) is 38.5 Å². The Morgan fingerprint density at radius 3 is 2.42 bits per heavy atom. The van der Waals surface area contributed by atoms with E-state index in [9.17, 15) is 4.79 Å². The highest BCUT2D eigenvalue weighted by Gasteiger charge is 2.21. The molecule has 0 aromatic rings. The summed E-state index contributed by atoms with van der Waals surface area (Å²) in [6.07, 6.45) is 10.2. The van der Waals surface area contributed by atoms with Crippen molar-refractivity contribution in [2.24, 2.45) is 4.99 Å². The number of amides is 1. The van der Waals surface area contributed by atoms with Gasteiger partial charge in [0.05, 0.1) is 19.3 Å². The Labute approximate surface area is 158 Å². The fourth-order valence-electron chi connectivity index (χ4n) is 3.71. The molecule has 0 aromatic carbocycles. The smallest absolute Gasteiger partial charge is 0.233 e. The third-order valence-corrected chi connectivity index (χ3v) is 5.35. The summed E-state index contributed by atoms with van der Waals surface area (Å²) in [5, 5.41) is 9.54. The van der Waals surface area contributed by atoms with Crippen LogP contribution in [0, 0.1) is 0 Å². The van der Waals surface area contributed by atoms with Gasteiger partial charge in [-0.3, -0.25) is 14.7 Å². The van der Waals surface area contributed by atoms with Gasteiger partial charge < -0.3 is 20.7 Å². The van der Waals surface area contributed by atoms with E-state index in [-0.39, 0.29) is 5.91 Å². The van der Waals surface area contributed by atoms with Crippen LogP contribution in [0.3, 0.4) is 0 Å². The molecule has 3 N–H and O–H groups in total. The molecule has 2 fully saturated rings. The van der Waals surface area contributed by atoms with Crippen LogP contribution in [0.2, 0.25) is 0 Å². The number of nitrogens with zero attached hydrogens (tertiary/aromatic N) is 2. The van der Waals surface area contributed by atoms with Gasteiger partial charge in [0, 0.05) is 39.8 Å². The maximum atomic E-state index is 11.5. The topological polar surface area (TPSA) is 78.0 Å². The summed E-state index contributed by atoms with van der Waals surface area (Å²) >= 11 is 0. The molecule has 7 nitrogen and oxygen atoms in total. The van der Waals surface area contributed by atoms with Crippen LogP contribution in [-0.2, 0) is 9.53 Å². The first kappa shape index (κ1) is 21.0. The number of guanidine groups is 1.